The van der Waals surface area contributed by atoms with Crippen LogP contribution in [0, 0.1) is 5.92 Å². The first kappa shape index (κ1) is 20.8. The quantitative estimate of drug-likeness (QED) is 0.606. The maximum atomic E-state index is 13.0. The van der Waals surface area contributed by atoms with Crippen molar-refractivity contribution in [3.05, 3.63) is 76.3 Å². The van der Waals surface area contributed by atoms with Gasteiger partial charge < -0.3 is 10.4 Å². The minimum atomic E-state index is -2.61. The maximum Gasteiger partial charge on any atom is 0.284 e. The zero-order chi connectivity index (χ0) is 22.0. The second kappa shape index (κ2) is 8.73. The van der Waals surface area contributed by atoms with Crippen molar-refractivity contribution in [2.45, 2.75) is 25.4 Å². The molecule has 9 heteroatoms. The van der Waals surface area contributed by atoms with Crippen molar-refractivity contribution >= 4 is 5.91 Å². The number of alkyl halides is 2. The second-order valence-electron chi connectivity index (χ2n) is 7.41. The van der Waals surface area contributed by atoms with Crippen molar-refractivity contribution < 1.29 is 18.7 Å². The highest BCUT2D eigenvalue weighted by Gasteiger charge is 2.30. The Morgan fingerprint density at radius 1 is 1.23 bits per heavy atom. The molecule has 0 bridgehead atoms. The Kier molecular flexibility index (Phi) is 5.85. The molecule has 1 amide bonds. The van der Waals surface area contributed by atoms with E-state index in [2.05, 4.69) is 15.4 Å². The standard InChI is InChI=1S/C22H20F2N4O3/c23-20(24)15-7-3-13(4-8-15)18-10-17(21(30)26-12-19(29)14-5-6-14)22(31)28(27-18)16-2-1-9-25-11-16/h1-4,7-11,14,19-20,29H,5-6,12H2,(H,26,30). The molecular formula is C22H20F2N4O3. The van der Waals surface area contributed by atoms with Gasteiger partial charge >= 0.3 is 0 Å². The summed E-state index contributed by atoms with van der Waals surface area (Å²) in [4.78, 5) is 29.7. The van der Waals surface area contributed by atoms with E-state index in [9.17, 15) is 23.5 Å². The predicted molar refractivity (Wildman–Crippen MR) is 109 cm³/mol. The Morgan fingerprint density at radius 2 is 1.97 bits per heavy atom. The molecule has 0 saturated heterocycles. The summed E-state index contributed by atoms with van der Waals surface area (Å²) in [5.74, 6) is -0.469. The lowest BCUT2D eigenvalue weighted by molar-refractivity contribution is 0.0899. The number of hydrogen-bond donors (Lipinski definition) is 2. The van der Waals surface area contributed by atoms with Crippen LogP contribution in [0.25, 0.3) is 16.9 Å². The van der Waals surface area contributed by atoms with Gasteiger partial charge in [0.2, 0.25) is 0 Å². The van der Waals surface area contributed by atoms with Gasteiger partial charge in [-0.25, -0.2) is 8.78 Å². The molecule has 0 radical (unpaired) electrons. The van der Waals surface area contributed by atoms with Gasteiger partial charge in [-0.15, -0.1) is 0 Å². The lowest BCUT2D eigenvalue weighted by Gasteiger charge is -2.13. The van der Waals surface area contributed by atoms with Crippen molar-refractivity contribution in [2.75, 3.05) is 6.54 Å². The van der Waals surface area contributed by atoms with Gasteiger partial charge in [0, 0.05) is 23.9 Å². The highest BCUT2D eigenvalue weighted by Crippen LogP contribution is 2.32. The Bertz CT molecular complexity index is 1130. The number of nitrogens with zero attached hydrogens (tertiary/aromatic N) is 3. The molecule has 4 rings (SSSR count). The molecule has 2 N–H and O–H groups in total. The van der Waals surface area contributed by atoms with Gasteiger partial charge in [0.05, 0.1) is 23.7 Å². The van der Waals surface area contributed by atoms with Crippen LogP contribution >= 0.6 is 0 Å². The van der Waals surface area contributed by atoms with E-state index >= 15 is 0 Å². The third-order valence-corrected chi connectivity index (χ3v) is 5.14. The van der Waals surface area contributed by atoms with Crippen molar-refractivity contribution in [3.63, 3.8) is 0 Å². The predicted octanol–water partition coefficient (Wildman–Crippen LogP) is 2.73. The maximum absolute atomic E-state index is 13.0. The third-order valence-electron chi connectivity index (χ3n) is 5.14. The molecule has 160 valence electrons. The molecule has 1 atom stereocenters. The average molecular weight is 426 g/mol. The number of amides is 1. The van der Waals surface area contributed by atoms with E-state index in [4.69, 9.17) is 0 Å². The van der Waals surface area contributed by atoms with Gasteiger partial charge in [-0.05, 0) is 37.0 Å². The lowest BCUT2D eigenvalue weighted by atomic mass is 10.1. The minimum Gasteiger partial charge on any atom is -0.391 e. The van der Waals surface area contributed by atoms with Crippen LogP contribution in [0.3, 0.4) is 0 Å². The van der Waals surface area contributed by atoms with Crippen molar-refractivity contribution in [3.8, 4) is 16.9 Å². The van der Waals surface area contributed by atoms with Crippen LogP contribution in [0.5, 0.6) is 0 Å². The van der Waals surface area contributed by atoms with Crippen LogP contribution in [-0.2, 0) is 0 Å². The second-order valence-corrected chi connectivity index (χ2v) is 7.41. The number of halogens is 2. The number of aliphatic hydroxyl groups excluding tert-OH is 1. The van der Waals surface area contributed by atoms with Gasteiger partial charge in [-0.3, -0.25) is 14.6 Å². The smallest absolute Gasteiger partial charge is 0.284 e. The average Bonchev–Trinajstić information content (AvgIpc) is 3.63. The molecule has 3 aromatic rings. The highest BCUT2D eigenvalue weighted by molar-refractivity contribution is 5.94. The van der Waals surface area contributed by atoms with E-state index in [0.717, 1.165) is 17.5 Å². The number of pyridine rings is 1. The van der Waals surface area contributed by atoms with E-state index in [1.807, 2.05) is 0 Å². The van der Waals surface area contributed by atoms with E-state index < -0.39 is 24.0 Å². The van der Waals surface area contributed by atoms with Crippen LogP contribution in [0.1, 0.15) is 35.2 Å². The number of carbonyl (C=O) groups is 1. The molecule has 2 heterocycles. The molecule has 0 spiro atoms. The van der Waals surface area contributed by atoms with Crippen LogP contribution < -0.4 is 10.9 Å². The van der Waals surface area contributed by atoms with Crippen molar-refractivity contribution in [1.82, 2.24) is 20.1 Å². The number of aliphatic hydroxyl groups is 1. The molecule has 31 heavy (non-hydrogen) atoms. The summed E-state index contributed by atoms with van der Waals surface area (Å²) in [7, 11) is 0. The largest absolute Gasteiger partial charge is 0.391 e. The van der Waals surface area contributed by atoms with Crippen LogP contribution in [-0.4, -0.2) is 38.4 Å². The monoisotopic (exact) mass is 426 g/mol. The van der Waals surface area contributed by atoms with Crippen molar-refractivity contribution in [2.24, 2.45) is 5.92 Å². The van der Waals surface area contributed by atoms with Gasteiger partial charge in [-0.2, -0.15) is 9.78 Å². The highest BCUT2D eigenvalue weighted by atomic mass is 19.3. The minimum absolute atomic E-state index is 0.0383. The van der Waals surface area contributed by atoms with Crippen molar-refractivity contribution in [1.29, 1.82) is 0 Å². The Hall–Kier alpha value is -3.46. The molecule has 1 aliphatic carbocycles. The molecule has 1 aromatic carbocycles. The molecule has 0 aliphatic heterocycles. The summed E-state index contributed by atoms with van der Waals surface area (Å²) >= 11 is 0. The SMILES string of the molecule is O=C(NCC(O)C1CC1)c1cc(-c2ccc(C(F)F)cc2)nn(-c2cccnc2)c1=O. The molecular weight excluding hydrogens is 406 g/mol. The van der Waals surface area contributed by atoms with Crippen LogP contribution in [0.4, 0.5) is 8.78 Å². The molecule has 1 aliphatic rings. The molecule has 2 aromatic heterocycles. The summed E-state index contributed by atoms with van der Waals surface area (Å²) in [6, 6.07) is 10.0. The summed E-state index contributed by atoms with van der Waals surface area (Å²) in [5.41, 5.74) is 0.113. The lowest BCUT2D eigenvalue weighted by Crippen LogP contribution is -2.38. The summed E-state index contributed by atoms with van der Waals surface area (Å²) in [6.45, 7) is 0.0383. The van der Waals surface area contributed by atoms with E-state index in [0.29, 0.717) is 11.3 Å². The molecule has 1 saturated carbocycles. The van der Waals surface area contributed by atoms with Gasteiger partial charge in [0.25, 0.3) is 17.9 Å². The van der Waals surface area contributed by atoms with Crippen LogP contribution in [0.15, 0.2) is 59.7 Å². The fourth-order valence-electron chi connectivity index (χ4n) is 3.19. The van der Waals surface area contributed by atoms with E-state index in [1.54, 1.807) is 12.1 Å². The Labute approximate surface area is 176 Å². The topological polar surface area (TPSA) is 97.1 Å². The normalized spacial score (nSPS) is 14.5. The summed E-state index contributed by atoms with van der Waals surface area (Å²) in [6.07, 6.45) is 1.53. The Morgan fingerprint density at radius 3 is 2.58 bits per heavy atom. The van der Waals surface area contributed by atoms with Gasteiger partial charge in [0.15, 0.2) is 0 Å². The molecule has 7 nitrogen and oxygen atoms in total. The summed E-state index contributed by atoms with van der Waals surface area (Å²) in [5, 5.41) is 16.9. The number of carbonyl (C=O) groups excluding carboxylic acids is 1. The summed E-state index contributed by atoms with van der Waals surface area (Å²) < 4.78 is 26.8. The number of rotatable bonds is 7. The molecule has 1 fully saturated rings. The zero-order valence-corrected chi connectivity index (χ0v) is 16.4. The van der Waals surface area contributed by atoms with E-state index in [-0.39, 0.29) is 29.3 Å². The van der Waals surface area contributed by atoms with Gasteiger partial charge in [0.1, 0.15) is 5.56 Å². The number of aromatic nitrogens is 3. The molecule has 1 unspecified atom stereocenters. The number of nitrogens with one attached hydrogen (secondary N) is 1. The van der Waals surface area contributed by atoms with E-state index in [1.165, 1.54) is 42.7 Å². The first-order chi connectivity index (χ1) is 14.9. The third kappa shape index (κ3) is 4.66. The van der Waals surface area contributed by atoms with Gasteiger partial charge in [-0.1, -0.05) is 24.3 Å². The number of benzene rings is 1. The first-order valence-electron chi connectivity index (χ1n) is 9.83. The number of hydrogen-bond acceptors (Lipinski definition) is 5. The van der Waals surface area contributed by atoms with Crippen LogP contribution in [0.2, 0.25) is 0 Å². The zero-order valence-electron chi connectivity index (χ0n) is 16.4. The Balaban J connectivity index is 1.73. The fourth-order valence-corrected chi connectivity index (χ4v) is 3.19. The first-order valence-corrected chi connectivity index (χ1v) is 9.83. The fraction of sp³-hybridized carbons (Fsp3) is 0.273.